The number of carbonyl (C=O) groups excluding carboxylic acids is 1. The lowest BCUT2D eigenvalue weighted by Crippen LogP contribution is -2.13. The smallest absolute Gasteiger partial charge is 0.256 e. The van der Waals surface area contributed by atoms with Crippen molar-refractivity contribution in [2.24, 2.45) is 5.73 Å². The molecule has 0 radical (unpaired) electrons. The molecule has 0 spiro atoms. The molecule has 98 valence electrons. The zero-order chi connectivity index (χ0) is 14.0. The maximum absolute atomic E-state index is 12.0. The molecule has 0 saturated heterocycles. The summed E-state index contributed by atoms with van der Waals surface area (Å²) < 4.78 is 1.05. The van der Waals surface area contributed by atoms with Crippen LogP contribution in [0.2, 0.25) is 5.02 Å². The van der Waals surface area contributed by atoms with Crippen LogP contribution in [-0.2, 0) is 0 Å². The molecule has 2 aromatic rings. The van der Waals surface area contributed by atoms with E-state index in [0.29, 0.717) is 21.8 Å². The fraction of sp³-hybridized carbons (Fsp3) is 0. The summed E-state index contributed by atoms with van der Waals surface area (Å²) in [5, 5.41) is 4.96. The minimum absolute atomic E-state index is 0.191. The number of nitrogens with two attached hydrogens (primary N) is 1. The van der Waals surface area contributed by atoms with Crippen molar-refractivity contribution in [3.8, 4) is 0 Å². The van der Waals surface area contributed by atoms with E-state index in [1.165, 1.54) is 11.3 Å². The lowest BCUT2D eigenvalue weighted by Gasteiger charge is -2.07. The predicted octanol–water partition coefficient (Wildman–Crippen LogP) is 3.89. The zero-order valence-corrected chi connectivity index (χ0v) is 14.0. The van der Waals surface area contributed by atoms with Crippen molar-refractivity contribution in [3.05, 3.63) is 48.7 Å². The molecule has 3 N–H and O–H groups in total. The second-order valence-electron chi connectivity index (χ2n) is 3.65. The van der Waals surface area contributed by atoms with Crippen molar-refractivity contribution in [1.82, 2.24) is 0 Å². The van der Waals surface area contributed by atoms with Gasteiger partial charge in [0.05, 0.1) is 19.2 Å². The van der Waals surface area contributed by atoms with E-state index in [9.17, 15) is 4.79 Å². The maximum Gasteiger partial charge on any atom is 0.256 e. The highest BCUT2D eigenvalue weighted by Gasteiger charge is 2.11. The van der Waals surface area contributed by atoms with Crippen LogP contribution >= 0.6 is 57.7 Å². The molecule has 0 aliphatic carbocycles. The number of carbonyl (C=O) groups is 1. The van der Waals surface area contributed by atoms with Crippen molar-refractivity contribution in [2.75, 3.05) is 5.32 Å². The molecule has 0 aliphatic heterocycles. The number of benzene rings is 1. The first-order valence-electron chi connectivity index (χ1n) is 5.12. The van der Waals surface area contributed by atoms with Crippen LogP contribution in [0.4, 0.5) is 5.69 Å². The van der Waals surface area contributed by atoms with Gasteiger partial charge in [-0.05, 0) is 46.9 Å². The molecule has 0 saturated carbocycles. The van der Waals surface area contributed by atoms with E-state index >= 15 is 0 Å². The highest BCUT2D eigenvalue weighted by molar-refractivity contribution is 14.1. The monoisotopic (exact) mass is 422 g/mol. The molecule has 1 amide bonds. The number of nitrogens with one attached hydrogen (secondary N) is 1. The first-order valence-corrected chi connectivity index (χ1v) is 7.86. The number of thiophene rings is 1. The van der Waals surface area contributed by atoms with Crippen LogP contribution in [0, 0.1) is 2.88 Å². The van der Waals surface area contributed by atoms with Gasteiger partial charge in [0.1, 0.15) is 4.99 Å². The lowest BCUT2D eigenvalue weighted by molar-refractivity contribution is 0.102. The summed E-state index contributed by atoms with van der Waals surface area (Å²) in [4.78, 5) is 12.3. The highest BCUT2D eigenvalue weighted by atomic mass is 127. The average molecular weight is 423 g/mol. The van der Waals surface area contributed by atoms with Gasteiger partial charge in [0.25, 0.3) is 5.91 Å². The summed E-state index contributed by atoms with van der Waals surface area (Å²) in [6.07, 6.45) is 0. The van der Waals surface area contributed by atoms with Crippen molar-refractivity contribution in [1.29, 1.82) is 0 Å². The topological polar surface area (TPSA) is 55.1 Å². The minimum Gasteiger partial charge on any atom is -0.389 e. The fourth-order valence-corrected chi connectivity index (χ4v) is 3.07. The van der Waals surface area contributed by atoms with Crippen LogP contribution in [0.15, 0.2) is 29.6 Å². The summed E-state index contributed by atoms with van der Waals surface area (Å²) in [6, 6.07) is 6.86. The van der Waals surface area contributed by atoms with Gasteiger partial charge >= 0.3 is 0 Å². The normalized spacial score (nSPS) is 10.2. The van der Waals surface area contributed by atoms with E-state index in [-0.39, 0.29) is 10.9 Å². The van der Waals surface area contributed by atoms with Gasteiger partial charge in [0.2, 0.25) is 0 Å². The van der Waals surface area contributed by atoms with Crippen LogP contribution in [-0.4, -0.2) is 10.9 Å². The summed E-state index contributed by atoms with van der Waals surface area (Å²) in [5.41, 5.74) is 7.33. The number of amides is 1. The Morgan fingerprint density at radius 3 is 2.63 bits per heavy atom. The standard InChI is InChI=1S/C12H8ClIN2OS2/c13-8-3-6(11(15)18)1-2-9(8)16-12(17)7-4-10(14)19-5-7/h1-5H,(H2,15,18)(H,16,17). The molecular weight excluding hydrogens is 415 g/mol. The second kappa shape index (κ2) is 6.17. The molecule has 0 bridgehead atoms. The third-order valence-corrected chi connectivity index (χ3v) is 4.67. The molecule has 7 heteroatoms. The quantitative estimate of drug-likeness (QED) is 0.583. The largest absolute Gasteiger partial charge is 0.389 e. The molecule has 2 rings (SSSR count). The third kappa shape index (κ3) is 3.65. The molecule has 1 aromatic carbocycles. The molecule has 19 heavy (non-hydrogen) atoms. The number of thiocarbonyl (C=S) groups is 1. The Kier molecular flexibility index (Phi) is 4.77. The first-order chi connectivity index (χ1) is 8.97. The molecule has 0 atom stereocenters. The van der Waals surface area contributed by atoms with Gasteiger partial charge in [-0.15, -0.1) is 11.3 Å². The Labute approximate surface area is 138 Å². The molecule has 0 aliphatic rings. The molecule has 3 nitrogen and oxygen atoms in total. The minimum atomic E-state index is -0.191. The Morgan fingerprint density at radius 2 is 2.11 bits per heavy atom. The van der Waals surface area contributed by atoms with Crippen LogP contribution in [0.1, 0.15) is 15.9 Å². The number of rotatable bonds is 3. The van der Waals surface area contributed by atoms with Crippen molar-refractivity contribution in [3.63, 3.8) is 0 Å². The van der Waals surface area contributed by atoms with E-state index < -0.39 is 0 Å². The molecular formula is C12H8ClIN2OS2. The number of anilines is 1. The average Bonchev–Trinajstić information content (AvgIpc) is 2.78. The SMILES string of the molecule is NC(=S)c1ccc(NC(=O)c2csc(I)c2)c(Cl)c1. The Balaban J connectivity index is 2.20. The number of halogens is 2. The van der Waals surface area contributed by atoms with Gasteiger partial charge in [0.15, 0.2) is 0 Å². The van der Waals surface area contributed by atoms with E-state index in [1.54, 1.807) is 23.6 Å². The Morgan fingerprint density at radius 1 is 1.37 bits per heavy atom. The van der Waals surface area contributed by atoms with Crippen LogP contribution in [0.3, 0.4) is 0 Å². The van der Waals surface area contributed by atoms with Gasteiger partial charge in [-0.25, -0.2) is 0 Å². The molecule has 1 aromatic heterocycles. The zero-order valence-electron chi connectivity index (χ0n) is 9.44. The van der Waals surface area contributed by atoms with Gasteiger partial charge in [-0.1, -0.05) is 23.8 Å². The third-order valence-electron chi connectivity index (χ3n) is 2.33. The molecule has 0 unspecified atom stereocenters. The van der Waals surface area contributed by atoms with Crippen LogP contribution < -0.4 is 11.1 Å². The highest BCUT2D eigenvalue weighted by Crippen LogP contribution is 2.24. The van der Waals surface area contributed by atoms with Crippen molar-refractivity contribution in [2.45, 2.75) is 0 Å². The number of hydrogen-bond donors (Lipinski definition) is 2. The fourth-order valence-electron chi connectivity index (χ4n) is 1.39. The van der Waals surface area contributed by atoms with Gasteiger partial charge in [-0.2, -0.15) is 0 Å². The summed E-state index contributed by atoms with van der Waals surface area (Å²) in [6.45, 7) is 0. The predicted molar refractivity (Wildman–Crippen MR) is 92.3 cm³/mol. The van der Waals surface area contributed by atoms with E-state index in [1.807, 2.05) is 6.07 Å². The van der Waals surface area contributed by atoms with Gasteiger partial charge < -0.3 is 11.1 Å². The summed E-state index contributed by atoms with van der Waals surface area (Å²) >= 11 is 14.6. The van der Waals surface area contributed by atoms with Crippen LogP contribution in [0.25, 0.3) is 0 Å². The van der Waals surface area contributed by atoms with Gasteiger partial charge in [-0.3, -0.25) is 4.79 Å². The molecule has 1 heterocycles. The Hall–Kier alpha value is -0.700. The lowest BCUT2D eigenvalue weighted by atomic mass is 10.2. The summed E-state index contributed by atoms with van der Waals surface area (Å²) in [7, 11) is 0. The van der Waals surface area contributed by atoms with Crippen LogP contribution in [0.5, 0.6) is 0 Å². The van der Waals surface area contributed by atoms with Gasteiger partial charge in [0, 0.05) is 10.9 Å². The molecule has 0 fully saturated rings. The Bertz CT molecular complexity index is 657. The number of hydrogen-bond acceptors (Lipinski definition) is 3. The first kappa shape index (κ1) is 14.7. The van der Waals surface area contributed by atoms with Crippen molar-refractivity contribution >= 4 is 74.3 Å². The van der Waals surface area contributed by atoms with E-state index in [0.717, 1.165) is 2.88 Å². The second-order valence-corrected chi connectivity index (χ2v) is 7.30. The summed E-state index contributed by atoms with van der Waals surface area (Å²) in [5.74, 6) is -0.191. The maximum atomic E-state index is 12.0. The van der Waals surface area contributed by atoms with E-state index in [4.69, 9.17) is 29.6 Å². The van der Waals surface area contributed by atoms with Crippen molar-refractivity contribution < 1.29 is 4.79 Å². The van der Waals surface area contributed by atoms with E-state index in [2.05, 4.69) is 27.9 Å².